The molecule has 2 aliphatic heterocycles. The van der Waals surface area contributed by atoms with E-state index in [4.69, 9.17) is 5.11 Å². The van der Waals surface area contributed by atoms with Gasteiger partial charge in [-0.2, -0.15) is 11.8 Å². The highest BCUT2D eigenvalue weighted by atomic mass is 32.2. The molecule has 0 saturated carbocycles. The molecule has 118 valence electrons. The summed E-state index contributed by atoms with van der Waals surface area (Å²) < 4.78 is 0. The van der Waals surface area contributed by atoms with Crippen molar-refractivity contribution in [2.24, 2.45) is 0 Å². The van der Waals surface area contributed by atoms with Crippen molar-refractivity contribution in [2.45, 2.75) is 31.3 Å². The van der Waals surface area contributed by atoms with Gasteiger partial charge in [0.1, 0.15) is 6.04 Å². The summed E-state index contributed by atoms with van der Waals surface area (Å²) in [6.07, 6.45) is 3.63. The number of hydrogen-bond donors (Lipinski definition) is 2. The summed E-state index contributed by atoms with van der Waals surface area (Å²) in [5, 5.41) is 11.7. The van der Waals surface area contributed by atoms with Crippen LogP contribution in [0.25, 0.3) is 0 Å². The van der Waals surface area contributed by atoms with E-state index in [2.05, 4.69) is 5.32 Å². The maximum absolute atomic E-state index is 12.2. The summed E-state index contributed by atoms with van der Waals surface area (Å²) >= 11 is 1.55. The first-order chi connectivity index (χ1) is 10.0. The number of fused-ring (bicyclic) bond motifs is 1. The van der Waals surface area contributed by atoms with E-state index in [1.54, 1.807) is 16.7 Å². The number of nitrogens with zero attached hydrogens (tertiary/aromatic N) is 2. The maximum Gasteiger partial charge on any atom is 0.326 e. The smallest absolute Gasteiger partial charge is 0.326 e. The van der Waals surface area contributed by atoms with Crippen LogP contribution in [-0.2, 0) is 9.59 Å². The van der Waals surface area contributed by atoms with Crippen molar-refractivity contribution in [1.82, 2.24) is 15.1 Å². The quantitative estimate of drug-likeness (QED) is 0.757. The highest BCUT2D eigenvalue weighted by Gasteiger charge is 2.37. The molecule has 3 amide bonds. The Bertz CT molecular complexity index is 432. The minimum absolute atomic E-state index is 0.0893. The number of amides is 3. The van der Waals surface area contributed by atoms with E-state index < -0.39 is 12.0 Å². The van der Waals surface area contributed by atoms with E-state index in [0.29, 0.717) is 38.2 Å². The molecule has 0 aliphatic carbocycles. The molecule has 21 heavy (non-hydrogen) atoms. The van der Waals surface area contributed by atoms with Crippen molar-refractivity contribution in [3.8, 4) is 0 Å². The first-order valence-corrected chi connectivity index (χ1v) is 8.49. The number of hydrogen-bond acceptors (Lipinski definition) is 4. The third-order valence-corrected chi connectivity index (χ3v) is 4.63. The molecule has 2 aliphatic rings. The number of carboxylic acids is 1. The fourth-order valence-electron chi connectivity index (χ4n) is 2.78. The van der Waals surface area contributed by atoms with Gasteiger partial charge < -0.3 is 20.2 Å². The Hall–Kier alpha value is -1.44. The Morgan fingerprint density at radius 1 is 1.48 bits per heavy atom. The molecular formula is C13H21N3O4S. The zero-order chi connectivity index (χ0) is 15.4. The third kappa shape index (κ3) is 3.81. The van der Waals surface area contributed by atoms with Crippen LogP contribution < -0.4 is 5.32 Å². The van der Waals surface area contributed by atoms with Crippen LogP contribution in [0.15, 0.2) is 0 Å². The summed E-state index contributed by atoms with van der Waals surface area (Å²) in [5.41, 5.74) is 0. The van der Waals surface area contributed by atoms with Gasteiger partial charge in [0, 0.05) is 32.1 Å². The first kappa shape index (κ1) is 15.9. The maximum atomic E-state index is 12.2. The topological polar surface area (TPSA) is 90.0 Å². The molecule has 0 aromatic carbocycles. The van der Waals surface area contributed by atoms with E-state index in [1.807, 2.05) is 11.2 Å². The normalized spacial score (nSPS) is 22.9. The molecule has 0 aromatic rings. The number of rotatable bonds is 5. The van der Waals surface area contributed by atoms with Gasteiger partial charge in [-0.3, -0.25) is 4.79 Å². The molecule has 0 aromatic heterocycles. The van der Waals surface area contributed by atoms with Gasteiger partial charge in [0.05, 0.1) is 0 Å². The summed E-state index contributed by atoms with van der Waals surface area (Å²) in [5.74, 6) is -0.169. The number of urea groups is 1. The third-order valence-electron chi connectivity index (χ3n) is 3.99. The zero-order valence-electron chi connectivity index (χ0n) is 12.1. The Balaban J connectivity index is 1.88. The average Bonchev–Trinajstić information content (AvgIpc) is 2.84. The zero-order valence-corrected chi connectivity index (χ0v) is 12.9. The second-order valence-electron chi connectivity index (χ2n) is 5.35. The van der Waals surface area contributed by atoms with E-state index in [1.165, 1.54) is 0 Å². The van der Waals surface area contributed by atoms with Gasteiger partial charge in [-0.05, 0) is 24.9 Å². The van der Waals surface area contributed by atoms with Crippen LogP contribution in [0.2, 0.25) is 0 Å². The Morgan fingerprint density at radius 2 is 2.24 bits per heavy atom. The number of carboxylic acid groups (broad SMARTS) is 1. The van der Waals surface area contributed by atoms with Crippen LogP contribution >= 0.6 is 11.8 Å². The highest BCUT2D eigenvalue weighted by molar-refractivity contribution is 7.98. The monoisotopic (exact) mass is 315 g/mol. The van der Waals surface area contributed by atoms with Crippen LogP contribution in [0, 0.1) is 0 Å². The van der Waals surface area contributed by atoms with Gasteiger partial charge in [-0.25, -0.2) is 9.59 Å². The van der Waals surface area contributed by atoms with E-state index >= 15 is 0 Å². The number of piperazine rings is 1. The van der Waals surface area contributed by atoms with Crippen LogP contribution in [0.4, 0.5) is 4.79 Å². The molecule has 7 nitrogen and oxygen atoms in total. The van der Waals surface area contributed by atoms with Crippen LogP contribution in [0.5, 0.6) is 0 Å². The fraction of sp³-hybridized carbons (Fsp3) is 0.769. The second kappa shape index (κ2) is 7.02. The first-order valence-electron chi connectivity index (χ1n) is 7.09. The number of carbonyl (C=O) groups is 3. The molecule has 1 unspecified atom stereocenters. The minimum Gasteiger partial charge on any atom is -0.480 e. The van der Waals surface area contributed by atoms with Crippen molar-refractivity contribution in [1.29, 1.82) is 0 Å². The lowest BCUT2D eigenvalue weighted by Gasteiger charge is -2.37. The summed E-state index contributed by atoms with van der Waals surface area (Å²) in [6.45, 7) is 1.49. The van der Waals surface area contributed by atoms with Crippen molar-refractivity contribution in [3.63, 3.8) is 0 Å². The minimum atomic E-state index is -1.01. The summed E-state index contributed by atoms with van der Waals surface area (Å²) in [6, 6.07) is -1.11. The molecule has 0 bridgehead atoms. The number of nitrogens with one attached hydrogen (secondary N) is 1. The molecule has 8 heteroatoms. The van der Waals surface area contributed by atoms with Crippen LogP contribution in [0.3, 0.4) is 0 Å². The standard InChI is InChI=1S/C13H21N3O4S/c1-21-7-4-10(12(18)19)14-13(20)15-5-6-16-9(8-15)2-3-11(16)17/h9-10H,2-8H2,1H3,(H,14,20)(H,18,19)/t9?,10-/m1/s1. The van der Waals surface area contributed by atoms with Crippen LogP contribution in [0.1, 0.15) is 19.3 Å². The van der Waals surface area contributed by atoms with Gasteiger partial charge in [0.15, 0.2) is 0 Å². The van der Waals surface area contributed by atoms with Crippen molar-refractivity contribution in [2.75, 3.05) is 31.6 Å². The van der Waals surface area contributed by atoms with Gasteiger partial charge in [0.2, 0.25) is 5.91 Å². The lowest BCUT2D eigenvalue weighted by molar-refractivity contribution is -0.139. The Labute approximate surface area is 128 Å². The highest BCUT2D eigenvalue weighted by Crippen LogP contribution is 2.22. The van der Waals surface area contributed by atoms with Gasteiger partial charge in [-0.1, -0.05) is 0 Å². The molecule has 0 radical (unpaired) electrons. The molecular weight excluding hydrogens is 294 g/mol. The molecule has 2 atom stereocenters. The Kier molecular flexibility index (Phi) is 5.33. The molecule has 2 N–H and O–H groups in total. The molecule has 2 rings (SSSR count). The predicted octanol–water partition coefficient (Wildman–Crippen LogP) is 0.209. The summed E-state index contributed by atoms with van der Waals surface area (Å²) in [7, 11) is 0. The Morgan fingerprint density at radius 3 is 2.90 bits per heavy atom. The van der Waals surface area contributed by atoms with Crippen LogP contribution in [-0.4, -0.2) is 76.5 Å². The molecule has 2 fully saturated rings. The fourth-order valence-corrected chi connectivity index (χ4v) is 3.25. The second-order valence-corrected chi connectivity index (χ2v) is 6.33. The average molecular weight is 315 g/mol. The van der Waals surface area contributed by atoms with Gasteiger partial charge >= 0.3 is 12.0 Å². The van der Waals surface area contributed by atoms with E-state index in [-0.39, 0.29) is 18.0 Å². The number of aliphatic carboxylic acids is 1. The predicted molar refractivity (Wildman–Crippen MR) is 79.3 cm³/mol. The molecule has 2 saturated heterocycles. The van der Waals surface area contributed by atoms with Crippen molar-refractivity contribution >= 4 is 29.7 Å². The number of thioether (sulfide) groups is 1. The molecule has 0 spiro atoms. The van der Waals surface area contributed by atoms with Crippen molar-refractivity contribution < 1.29 is 19.5 Å². The van der Waals surface area contributed by atoms with E-state index in [0.717, 1.165) is 6.42 Å². The van der Waals surface area contributed by atoms with Crippen molar-refractivity contribution in [3.05, 3.63) is 0 Å². The summed E-state index contributed by atoms with van der Waals surface area (Å²) in [4.78, 5) is 38.4. The SMILES string of the molecule is CSCC[C@@H](NC(=O)N1CCN2C(=O)CCC2C1)C(=O)O. The lowest BCUT2D eigenvalue weighted by atomic mass is 10.1. The van der Waals surface area contributed by atoms with Gasteiger partial charge in [0.25, 0.3) is 0 Å². The number of carbonyl (C=O) groups excluding carboxylic acids is 2. The lowest BCUT2D eigenvalue weighted by Crippen LogP contribution is -2.57. The molecule has 2 heterocycles. The van der Waals surface area contributed by atoms with Gasteiger partial charge in [-0.15, -0.1) is 0 Å². The largest absolute Gasteiger partial charge is 0.480 e. The van der Waals surface area contributed by atoms with E-state index in [9.17, 15) is 14.4 Å².